The number of nitrogens with one attached hydrogen (secondary N) is 1. The minimum atomic E-state index is 0.205. The molecule has 1 atom stereocenters. The normalized spacial score (nSPS) is 24.6. The maximum Gasteiger partial charge on any atom is 0.124 e. The van der Waals surface area contributed by atoms with Crippen LogP contribution in [-0.4, -0.2) is 49.9 Å². The smallest absolute Gasteiger partial charge is 0.124 e. The van der Waals surface area contributed by atoms with Gasteiger partial charge in [-0.25, -0.2) is 0 Å². The predicted octanol–water partition coefficient (Wildman–Crippen LogP) is 2.60. The molecule has 0 aliphatic carbocycles. The molecule has 2 heterocycles. The van der Waals surface area contributed by atoms with Crippen molar-refractivity contribution in [3.63, 3.8) is 0 Å². The Hall–Kier alpha value is -1.10. The summed E-state index contributed by atoms with van der Waals surface area (Å²) in [5.74, 6) is 1.02. The van der Waals surface area contributed by atoms with Crippen molar-refractivity contribution >= 4 is 0 Å². The number of benzene rings is 1. The summed E-state index contributed by atoms with van der Waals surface area (Å²) in [6.45, 7) is 9.22. The molecule has 4 heteroatoms. The van der Waals surface area contributed by atoms with Gasteiger partial charge in [0.15, 0.2) is 0 Å². The summed E-state index contributed by atoms with van der Waals surface area (Å²) >= 11 is 0. The van der Waals surface area contributed by atoms with Crippen LogP contribution in [0.3, 0.4) is 0 Å². The Morgan fingerprint density at radius 2 is 2.00 bits per heavy atom. The molecule has 0 radical (unpaired) electrons. The van der Waals surface area contributed by atoms with E-state index in [2.05, 4.69) is 48.3 Å². The van der Waals surface area contributed by atoms with Crippen LogP contribution in [0.25, 0.3) is 0 Å². The lowest BCUT2D eigenvalue weighted by Gasteiger charge is -2.40. The summed E-state index contributed by atoms with van der Waals surface area (Å²) in [6, 6.07) is 9.48. The monoisotopic (exact) mass is 304 g/mol. The van der Waals surface area contributed by atoms with Crippen molar-refractivity contribution in [2.24, 2.45) is 0 Å². The van der Waals surface area contributed by atoms with Crippen LogP contribution < -0.4 is 10.1 Å². The number of hydrogen-bond acceptors (Lipinski definition) is 4. The van der Waals surface area contributed by atoms with E-state index in [9.17, 15) is 0 Å². The van der Waals surface area contributed by atoms with Crippen molar-refractivity contribution in [3.8, 4) is 5.75 Å². The fraction of sp³-hybridized carbons (Fsp3) is 0.667. The number of piperazine rings is 1. The van der Waals surface area contributed by atoms with Crippen LogP contribution in [0.5, 0.6) is 5.75 Å². The number of para-hydroxylation sites is 1. The molecule has 0 bridgehead atoms. The molecule has 0 amide bonds. The number of hydrogen-bond donors (Lipinski definition) is 1. The lowest BCUT2D eigenvalue weighted by atomic mass is 10.00. The van der Waals surface area contributed by atoms with Crippen LogP contribution >= 0.6 is 0 Å². The molecule has 22 heavy (non-hydrogen) atoms. The van der Waals surface area contributed by atoms with Gasteiger partial charge in [-0.2, -0.15) is 0 Å². The van der Waals surface area contributed by atoms with E-state index in [-0.39, 0.29) is 6.10 Å². The molecule has 0 aromatic heterocycles. The highest BCUT2D eigenvalue weighted by molar-refractivity contribution is 5.36. The van der Waals surface area contributed by atoms with Crippen LogP contribution in [0, 0.1) is 0 Å². The Kier molecular flexibility index (Phi) is 5.34. The third kappa shape index (κ3) is 3.80. The molecule has 2 aliphatic heterocycles. The van der Waals surface area contributed by atoms with Gasteiger partial charge in [-0.1, -0.05) is 18.2 Å². The third-order valence-electron chi connectivity index (χ3n) is 4.57. The van der Waals surface area contributed by atoms with Gasteiger partial charge in [0.25, 0.3) is 0 Å². The van der Waals surface area contributed by atoms with Crippen LogP contribution in [0.1, 0.15) is 38.3 Å². The lowest BCUT2D eigenvalue weighted by molar-refractivity contribution is 0.0231. The van der Waals surface area contributed by atoms with Gasteiger partial charge in [0.05, 0.1) is 6.10 Å². The summed E-state index contributed by atoms with van der Waals surface area (Å²) in [4.78, 5) is 2.63. The fourth-order valence-electron chi connectivity index (χ4n) is 3.49. The zero-order valence-electron chi connectivity index (χ0n) is 13.8. The maximum absolute atomic E-state index is 6.00. The second kappa shape index (κ2) is 7.44. The van der Waals surface area contributed by atoms with Crippen LogP contribution in [-0.2, 0) is 4.74 Å². The Balaban J connectivity index is 1.71. The Morgan fingerprint density at radius 3 is 2.77 bits per heavy atom. The van der Waals surface area contributed by atoms with Gasteiger partial charge >= 0.3 is 0 Å². The summed E-state index contributed by atoms with van der Waals surface area (Å²) in [5.41, 5.74) is 1.29. The van der Waals surface area contributed by atoms with Crippen molar-refractivity contribution in [2.45, 2.75) is 44.9 Å². The number of ether oxygens (including phenoxy) is 2. The second-order valence-electron chi connectivity index (χ2n) is 6.55. The Bertz CT molecular complexity index is 472. The van der Waals surface area contributed by atoms with Gasteiger partial charge in [-0.05, 0) is 32.8 Å². The van der Waals surface area contributed by atoms with Crippen molar-refractivity contribution in [2.75, 3.05) is 32.8 Å². The van der Waals surface area contributed by atoms with E-state index < -0.39 is 0 Å². The quantitative estimate of drug-likeness (QED) is 0.927. The SMILES string of the molecule is CC(C)Oc1ccccc1[C@@H]1CN(C2CCOCC2)CCN1. The van der Waals surface area contributed by atoms with E-state index >= 15 is 0 Å². The average molecular weight is 304 g/mol. The molecule has 0 saturated carbocycles. The van der Waals surface area contributed by atoms with Gasteiger partial charge < -0.3 is 14.8 Å². The van der Waals surface area contributed by atoms with Crippen molar-refractivity contribution in [3.05, 3.63) is 29.8 Å². The second-order valence-corrected chi connectivity index (χ2v) is 6.55. The Labute approximate surface area is 133 Å². The van der Waals surface area contributed by atoms with E-state index in [1.807, 2.05) is 0 Å². The van der Waals surface area contributed by atoms with Gasteiger partial charge in [0.1, 0.15) is 5.75 Å². The van der Waals surface area contributed by atoms with Gasteiger partial charge in [-0.15, -0.1) is 0 Å². The van der Waals surface area contributed by atoms with E-state index in [0.29, 0.717) is 12.1 Å². The van der Waals surface area contributed by atoms with Crippen molar-refractivity contribution in [1.29, 1.82) is 0 Å². The molecule has 1 aromatic carbocycles. The molecule has 3 rings (SSSR count). The van der Waals surface area contributed by atoms with E-state index in [1.165, 1.54) is 5.56 Å². The summed E-state index contributed by atoms with van der Waals surface area (Å²) < 4.78 is 11.5. The molecule has 2 aliphatic rings. The van der Waals surface area contributed by atoms with Crippen LogP contribution in [0.4, 0.5) is 0 Å². The maximum atomic E-state index is 6.00. The molecule has 0 spiro atoms. The lowest BCUT2D eigenvalue weighted by Crippen LogP contribution is -2.51. The molecular weight excluding hydrogens is 276 g/mol. The van der Waals surface area contributed by atoms with Gasteiger partial charge in [0.2, 0.25) is 0 Å². The molecule has 122 valence electrons. The third-order valence-corrected chi connectivity index (χ3v) is 4.57. The first-order valence-electron chi connectivity index (χ1n) is 8.55. The standard InChI is InChI=1S/C18H28N2O2/c1-14(2)22-18-6-4-3-5-16(18)17-13-20(10-9-19-17)15-7-11-21-12-8-15/h3-6,14-15,17,19H,7-13H2,1-2H3/t17-/m0/s1. The van der Waals surface area contributed by atoms with E-state index in [1.54, 1.807) is 0 Å². The fourth-order valence-corrected chi connectivity index (χ4v) is 3.49. The summed E-state index contributed by atoms with van der Waals surface area (Å²) in [6.07, 6.45) is 2.53. The highest BCUT2D eigenvalue weighted by atomic mass is 16.5. The zero-order valence-corrected chi connectivity index (χ0v) is 13.8. The number of nitrogens with zero attached hydrogens (tertiary/aromatic N) is 1. The molecule has 2 fully saturated rings. The molecule has 1 N–H and O–H groups in total. The van der Waals surface area contributed by atoms with Crippen molar-refractivity contribution < 1.29 is 9.47 Å². The molecule has 4 nitrogen and oxygen atoms in total. The minimum Gasteiger partial charge on any atom is -0.491 e. The summed E-state index contributed by atoms with van der Waals surface area (Å²) in [5, 5.41) is 3.67. The zero-order chi connectivity index (χ0) is 15.4. The van der Waals surface area contributed by atoms with Crippen LogP contribution in [0.2, 0.25) is 0 Å². The largest absolute Gasteiger partial charge is 0.491 e. The Morgan fingerprint density at radius 1 is 1.23 bits per heavy atom. The molecular formula is C18H28N2O2. The van der Waals surface area contributed by atoms with Gasteiger partial charge in [-0.3, -0.25) is 4.90 Å². The highest BCUT2D eigenvalue weighted by Crippen LogP contribution is 2.29. The first-order chi connectivity index (χ1) is 10.7. The average Bonchev–Trinajstić information content (AvgIpc) is 2.56. The minimum absolute atomic E-state index is 0.205. The first-order valence-corrected chi connectivity index (χ1v) is 8.55. The number of rotatable bonds is 4. The molecule has 1 aromatic rings. The van der Waals surface area contributed by atoms with Gasteiger partial charge in [0, 0.05) is 50.5 Å². The predicted molar refractivity (Wildman–Crippen MR) is 88.4 cm³/mol. The summed E-state index contributed by atoms with van der Waals surface area (Å²) in [7, 11) is 0. The van der Waals surface area contributed by atoms with E-state index in [0.717, 1.165) is 51.4 Å². The van der Waals surface area contributed by atoms with Crippen molar-refractivity contribution in [1.82, 2.24) is 10.2 Å². The first kappa shape index (κ1) is 15.8. The topological polar surface area (TPSA) is 33.7 Å². The molecule has 0 unspecified atom stereocenters. The van der Waals surface area contributed by atoms with E-state index in [4.69, 9.17) is 9.47 Å². The van der Waals surface area contributed by atoms with Crippen LogP contribution in [0.15, 0.2) is 24.3 Å². The highest BCUT2D eigenvalue weighted by Gasteiger charge is 2.28. The molecule has 2 saturated heterocycles.